The smallest absolute Gasteiger partial charge is 0.105 e. The van der Waals surface area contributed by atoms with E-state index in [1.807, 2.05) is 42.5 Å². The minimum absolute atomic E-state index is 0.732. The number of fused-ring (bicyclic) bond motifs is 1. The zero-order valence-electron chi connectivity index (χ0n) is 10.6. The van der Waals surface area contributed by atoms with Gasteiger partial charge in [0.05, 0.1) is 17.1 Å². The molecule has 0 unspecified atom stereocenters. The van der Waals surface area contributed by atoms with Crippen LogP contribution in [0.5, 0.6) is 0 Å². The van der Waals surface area contributed by atoms with E-state index >= 15 is 0 Å². The van der Waals surface area contributed by atoms with Gasteiger partial charge in [0, 0.05) is 7.05 Å². The van der Waals surface area contributed by atoms with Crippen LogP contribution < -0.4 is 10.2 Å². The minimum atomic E-state index is 0.732. The number of benzene rings is 2. The van der Waals surface area contributed by atoms with Crippen LogP contribution in [-0.4, -0.2) is 12.0 Å². The second-order valence-corrected chi connectivity index (χ2v) is 4.90. The predicted octanol–water partition coefficient (Wildman–Crippen LogP) is 3.92. The van der Waals surface area contributed by atoms with Gasteiger partial charge in [0.15, 0.2) is 0 Å². The number of thiocarbonyl (C=S) groups is 1. The quantitative estimate of drug-likeness (QED) is 0.788. The second-order valence-electron chi connectivity index (χ2n) is 4.46. The van der Waals surface area contributed by atoms with Gasteiger partial charge in [0.1, 0.15) is 4.99 Å². The molecule has 3 heteroatoms. The van der Waals surface area contributed by atoms with E-state index in [1.165, 1.54) is 0 Å². The Balaban J connectivity index is 2.13. The number of nitrogens with one attached hydrogen (secondary N) is 1. The molecule has 1 N–H and O–H groups in total. The van der Waals surface area contributed by atoms with Gasteiger partial charge < -0.3 is 10.2 Å². The van der Waals surface area contributed by atoms with Gasteiger partial charge in [-0.1, -0.05) is 54.7 Å². The molecule has 0 amide bonds. The highest BCUT2D eigenvalue weighted by atomic mass is 32.1. The fourth-order valence-electron chi connectivity index (χ4n) is 2.28. The molecule has 0 fully saturated rings. The van der Waals surface area contributed by atoms with Crippen LogP contribution >= 0.6 is 12.2 Å². The van der Waals surface area contributed by atoms with E-state index in [2.05, 4.69) is 35.5 Å². The molecular formula is C16H14N2S. The molecule has 2 nitrogen and oxygen atoms in total. The molecule has 0 spiro atoms. The highest BCUT2D eigenvalue weighted by Gasteiger charge is 2.17. The van der Waals surface area contributed by atoms with E-state index in [-0.39, 0.29) is 0 Å². The third-order valence-corrected chi connectivity index (χ3v) is 3.44. The van der Waals surface area contributed by atoms with Crippen LogP contribution in [0.15, 0.2) is 60.7 Å². The number of anilines is 2. The van der Waals surface area contributed by atoms with E-state index in [0.29, 0.717) is 0 Å². The van der Waals surface area contributed by atoms with E-state index in [9.17, 15) is 0 Å². The fourth-order valence-corrected chi connectivity index (χ4v) is 2.50. The first-order chi connectivity index (χ1) is 9.25. The number of hydrogen-bond donors (Lipinski definition) is 1. The highest BCUT2D eigenvalue weighted by molar-refractivity contribution is 7.81. The molecule has 1 aliphatic rings. The second kappa shape index (κ2) is 4.86. The monoisotopic (exact) mass is 266 g/mol. The molecule has 94 valence electrons. The van der Waals surface area contributed by atoms with Gasteiger partial charge in [-0.15, -0.1) is 0 Å². The third kappa shape index (κ3) is 2.25. The lowest BCUT2D eigenvalue weighted by Gasteiger charge is -2.23. The molecule has 1 heterocycles. The lowest BCUT2D eigenvalue weighted by Crippen LogP contribution is -2.14. The van der Waals surface area contributed by atoms with E-state index in [1.54, 1.807) is 0 Å². The summed E-state index contributed by atoms with van der Waals surface area (Å²) < 4.78 is 0. The molecule has 0 aliphatic carbocycles. The number of hydrogen-bond acceptors (Lipinski definition) is 2. The van der Waals surface area contributed by atoms with Gasteiger partial charge in [-0.05, 0) is 23.8 Å². The van der Waals surface area contributed by atoms with Crippen molar-refractivity contribution in [1.29, 1.82) is 0 Å². The van der Waals surface area contributed by atoms with Crippen molar-refractivity contribution in [2.24, 2.45) is 0 Å². The summed E-state index contributed by atoms with van der Waals surface area (Å²) in [5.74, 6) is 0. The molecule has 0 saturated heterocycles. The Morgan fingerprint density at radius 2 is 1.63 bits per heavy atom. The molecule has 19 heavy (non-hydrogen) atoms. The Hall–Kier alpha value is -2.13. The summed E-state index contributed by atoms with van der Waals surface area (Å²) in [5.41, 5.74) is 4.42. The summed E-state index contributed by atoms with van der Waals surface area (Å²) in [4.78, 5) is 2.90. The van der Waals surface area contributed by atoms with Crippen molar-refractivity contribution < 1.29 is 0 Å². The van der Waals surface area contributed by atoms with Crippen LogP contribution in [0.4, 0.5) is 11.4 Å². The average Bonchev–Trinajstić information content (AvgIpc) is 2.57. The minimum Gasteiger partial charge on any atom is -0.345 e. The Labute approximate surface area is 118 Å². The maximum atomic E-state index is 5.38. The molecule has 2 aromatic carbocycles. The molecule has 2 aromatic rings. The standard InChI is InChI=1S/C16H14N2S/c1-18-14-10-6-5-9-13(14)17-16(19)11-15(18)12-7-3-2-4-8-12/h2-11H,1H3,(H,17,19). The maximum Gasteiger partial charge on any atom is 0.105 e. The first-order valence-corrected chi connectivity index (χ1v) is 6.57. The van der Waals surface area contributed by atoms with E-state index in [4.69, 9.17) is 12.2 Å². The van der Waals surface area contributed by atoms with Gasteiger partial charge >= 0.3 is 0 Å². The van der Waals surface area contributed by atoms with Gasteiger partial charge in [0.2, 0.25) is 0 Å². The number of rotatable bonds is 1. The topological polar surface area (TPSA) is 15.3 Å². The van der Waals surface area contributed by atoms with Crippen molar-refractivity contribution in [3.63, 3.8) is 0 Å². The van der Waals surface area contributed by atoms with Crippen LogP contribution in [0.3, 0.4) is 0 Å². The van der Waals surface area contributed by atoms with Gasteiger partial charge in [-0.3, -0.25) is 0 Å². The Bertz CT molecular complexity index is 647. The summed E-state index contributed by atoms with van der Waals surface area (Å²) in [5, 5.41) is 3.27. The molecule has 1 aliphatic heterocycles. The number of para-hydroxylation sites is 2. The zero-order chi connectivity index (χ0) is 13.2. The van der Waals surface area contributed by atoms with Crippen molar-refractivity contribution in [3.05, 3.63) is 66.2 Å². The van der Waals surface area contributed by atoms with Crippen molar-refractivity contribution in [2.45, 2.75) is 0 Å². The van der Waals surface area contributed by atoms with Crippen LogP contribution in [0, 0.1) is 0 Å². The third-order valence-electron chi connectivity index (χ3n) is 3.22. The molecule has 0 atom stereocenters. The first kappa shape index (κ1) is 11.9. The van der Waals surface area contributed by atoms with Gasteiger partial charge in [0.25, 0.3) is 0 Å². The van der Waals surface area contributed by atoms with Crippen molar-refractivity contribution in [2.75, 3.05) is 17.3 Å². The summed E-state index contributed by atoms with van der Waals surface area (Å²) >= 11 is 5.38. The average molecular weight is 266 g/mol. The molecule has 0 bridgehead atoms. The molecular weight excluding hydrogens is 252 g/mol. The SMILES string of the molecule is CN1C(c2ccccc2)=CC(=S)Nc2ccccc21. The predicted molar refractivity (Wildman–Crippen MR) is 85.5 cm³/mol. The van der Waals surface area contributed by atoms with Crippen molar-refractivity contribution in [3.8, 4) is 0 Å². The summed E-state index contributed by atoms with van der Waals surface area (Å²) in [6.45, 7) is 0. The lowest BCUT2D eigenvalue weighted by molar-refractivity contribution is 1.23. The van der Waals surface area contributed by atoms with Gasteiger partial charge in [-0.2, -0.15) is 0 Å². The van der Waals surface area contributed by atoms with E-state index < -0.39 is 0 Å². The molecule has 0 saturated carbocycles. The largest absolute Gasteiger partial charge is 0.345 e. The summed E-state index contributed by atoms with van der Waals surface area (Å²) in [6, 6.07) is 18.5. The molecule has 0 radical (unpaired) electrons. The van der Waals surface area contributed by atoms with E-state index in [0.717, 1.165) is 27.6 Å². The highest BCUT2D eigenvalue weighted by Crippen LogP contribution is 2.33. The Morgan fingerprint density at radius 3 is 2.42 bits per heavy atom. The summed E-state index contributed by atoms with van der Waals surface area (Å²) in [6.07, 6.45) is 2.00. The normalized spacial score (nSPS) is 14.3. The first-order valence-electron chi connectivity index (χ1n) is 6.16. The van der Waals surface area contributed by atoms with Crippen molar-refractivity contribution in [1.82, 2.24) is 0 Å². The van der Waals surface area contributed by atoms with Crippen LogP contribution in [0.25, 0.3) is 5.70 Å². The lowest BCUT2D eigenvalue weighted by atomic mass is 10.1. The van der Waals surface area contributed by atoms with Crippen LogP contribution in [0.1, 0.15) is 5.56 Å². The van der Waals surface area contributed by atoms with Gasteiger partial charge in [-0.25, -0.2) is 0 Å². The van der Waals surface area contributed by atoms with Crippen molar-refractivity contribution >= 4 is 34.3 Å². The zero-order valence-corrected chi connectivity index (χ0v) is 11.4. The summed E-state index contributed by atoms with van der Waals surface area (Å²) in [7, 11) is 2.06. The Morgan fingerprint density at radius 1 is 0.947 bits per heavy atom. The van der Waals surface area contributed by atoms with Crippen LogP contribution in [0.2, 0.25) is 0 Å². The molecule has 0 aromatic heterocycles. The fraction of sp³-hybridized carbons (Fsp3) is 0.0625. The van der Waals surface area contributed by atoms with Crippen LogP contribution in [-0.2, 0) is 0 Å². The molecule has 3 rings (SSSR count). The Kier molecular flexibility index (Phi) is 3.05. The maximum absolute atomic E-state index is 5.38. The number of nitrogens with zero attached hydrogens (tertiary/aromatic N) is 1.